The van der Waals surface area contributed by atoms with Crippen LogP contribution in [-0.4, -0.2) is 27.8 Å². The van der Waals surface area contributed by atoms with Gasteiger partial charge in [-0.2, -0.15) is 5.10 Å². The van der Waals surface area contributed by atoms with Gasteiger partial charge in [0, 0.05) is 28.4 Å². The van der Waals surface area contributed by atoms with Gasteiger partial charge in [-0.05, 0) is 45.9 Å². The van der Waals surface area contributed by atoms with Gasteiger partial charge in [0.1, 0.15) is 0 Å². The van der Waals surface area contributed by atoms with Gasteiger partial charge in [0.05, 0.1) is 22.8 Å². The zero-order valence-corrected chi connectivity index (χ0v) is 17.0. The highest BCUT2D eigenvalue weighted by atomic mass is 35.5. The van der Waals surface area contributed by atoms with Crippen LogP contribution in [0.2, 0.25) is 10.0 Å². The van der Waals surface area contributed by atoms with Crippen LogP contribution < -0.4 is 11.1 Å². The van der Waals surface area contributed by atoms with Gasteiger partial charge in [0.2, 0.25) is 5.91 Å². The monoisotopic (exact) mass is 404 g/mol. The molecular weight excluding hydrogens is 383 g/mol. The van der Waals surface area contributed by atoms with Crippen molar-refractivity contribution in [2.24, 2.45) is 5.73 Å². The number of hydrogen-bond acceptors (Lipinski definition) is 3. The molecule has 8 heteroatoms. The Bertz CT molecular complexity index is 771. The summed E-state index contributed by atoms with van der Waals surface area (Å²) < 4.78 is 1.74. The van der Waals surface area contributed by atoms with Crippen LogP contribution >= 0.6 is 35.6 Å². The third-order valence-electron chi connectivity index (χ3n) is 3.90. The SMILES string of the molecule is Cc1nn(-c2ccc(Cl)cc2Cl)c(C)c1CC(=O)NC(C)(C)CN.Cl. The van der Waals surface area contributed by atoms with Crippen molar-refractivity contribution < 1.29 is 4.79 Å². The standard InChI is InChI=1S/C17H22Cl2N4O.ClH/c1-10-13(8-16(24)21-17(3,4)9-20)11(2)23(22-10)15-6-5-12(18)7-14(15)19;/h5-7H,8-9,20H2,1-4H3,(H,21,24);1H. The number of nitrogens with one attached hydrogen (secondary N) is 1. The van der Waals surface area contributed by atoms with Crippen LogP contribution in [0.25, 0.3) is 5.69 Å². The van der Waals surface area contributed by atoms with E-state index in [0.29, 0.717) is 16.6 Å². The second kappa shape index (κ2) is 8.41. The minimum atomic E-state index is -0.436. The Hall–Kier alpha value is -1.27. The number of aromatic nitrogens is 2. The first-order valence-corrected chi connectivity index (χ1v) is 8.42. The van der Waals surface area contributed by atoms with Crippen LogP contribution in [0.15, 0.2) is 18.2 Å². The number of hydrogen-bond donors (Lipinski definition) is 2. The fraction of sp³-hybridized carbons (Fsp3) is 0.412. The Morgan fingerprint density at radius 1 is 1.32 bits per heavy atom. The number of carbonyl (C=O) groups excluding carboxylic acids is 1. The van der Waals surface area contributed by atoms with Gasteiger partial charge in [0.25, 0.3) is 0 Å². The summed E-state index contributed by atoms with van der Waals surface area (Å²) in [4.78, 5) is 12.3. The molecule has 0 bridgehead atoms. The summed E-state index contributed by atoms with van der Waals surface area (Å²) in [6, 6.07) is 5.24. The summed E-state index contributed by atoms with van der Waals surface area (Å²) >= 11 is 12.2. The number of rotatable bonds is 5. The zero-order valence-electron chi connectivity index (χ0n) is 14.7. The Morgan fingerprint density at radius 2 is 1.96 bits per heavy atom. The average Bonchev–Trinajstić information content (AvgIpc) is 2.75. The van der Waals surface area contributed by atoms with E-state index < -0.39 is 5.54 Å². The van der Waals surface area contributed by atoms with Crippen molar-refractivity contribution in [1.29, 1.82) is 0 Å². The molecule has 138 valence electrons. The molecule has 0 spiro atoms. The number of halogens is 3. The molecule has 0 unspecified atom stereocenters. The highest BCUT2D eigenvalue weighted by molar-refractivity contribution is 6.35. The second-order valence-electron chi connectivity index (χ2n) is 6.47. The van der Waals surface area contributed by atoms with Crippen LogP contribution in [0.5, 0.6) is 0 Å². The first kappa shape index (κ1) is 21.8. The lowest BCUT2D eigenvalue weighted by Crippen LogP contribution is -2.49. The van der Waals surface area contributed by atoms with Crippen molar-refractivity contribution in [3.8, 4) is 5.69 Å². The average molecular weight is 406 g/mol. The van der Waals surface area contributed by atoms with E-state index in [1.54, 1.807) is 16.8 Å². The molecular formula is C17H23Cl3N4O. The number of aryl methyl sites for hydroxylation is 1. The van der Waals surface area contributed by atoms with Crippen molar-refractivity contribution in [3.05, 3.63) is 45.2 Å². The van der Waals surface area contributed by atoms with E-state index in [2.05, 4.69) is 10.4 Å². The molecule has 1 amide bonds. The van der Waals surface area contributed by atoms with Crippen molar-refractivity contribution >= 4 is 41.5 Å². The molecule has 0 aliphatic rings. The molecule has 0 saturated heterocycles. The summed E-state index contributed by atoms with van der Waals surface area (Å²) in [7, 11) is 0. The largest absolute Gasteiger partial charge is 0.350 e. The van der Waals surface area contributed by atoms with E-state index in [0.717, 1.165) is 22.6 Å². The summed E-state index contributed by atoms with van der Waals surface area (Å²) in [5, 5.41) is 8.53. The molecule has 5 nitrogen and oxygen atoms in total. The lowest BCUT2D eigenvalue weighted by molar-refractivity contribution is -0.121. The molecule has 2 aromatic rings. The molecule has 1 heterocycles. The van der Waals surface area contributed by atoms with Gasteiger partial charge in [0.15, 0.2) is 0 Å². The van der Waals surface area contributed by atoms with Crippen molar-refractivity contribution in [3.63, 3.8) is 0 Å². The first-order chi connectivity index (χ1) is 11.1. The second-order valence-corrected chi connectivity index (χ2v) is 7.31. The summed E-state index contributed by atoms with van der Waals surface area (Å²) in [5.74, 6) is -0.0848. The smallest absolute Gasteiger partial charge is 0.225 e. The number of nitrogens with zero attached hydrogens (tertiary/aromatic N) is 2. The molecule has 0 aliphatic heterocycles. The van der Waals surface area contributed by atoms with Crippen LogP contribution in [0.1, 0.15) is 30.8 Å². The fourth-order valence-electron chi connectivity index (χ4n) is 2.45. The van der Waals surface area contributed by atoms with Crippen LogP contribution in [0.3, 0.4) is 0 Å². The Balaban J connectivity index is 0.00000312. The third kappa shape index (κ3) is 5.11. The van der Waals surface area contributed by atoms with Gasteiger partial charge >= 0.3 is 0 Å². The normalized spacial score (nSPS) is 11.2. The molecule has 1 aromatic carbocycles. The fourth-order valence-corrected chi connectivity index (χ4v) is 2.94. The Morgan fingerprint density at radius 3 is 2.52 bits per heavy atom. The number of nitrogens with two attached hydrogens (primary N) is 1. The predicted molar refractivity (Wildman–Crippen MR) is 105 cm³/mol. The van der Waals surface area contributed by atoms with Gasteiger partial charge in [-0.15, -0.1) is 12.4 Å². The highest BCUT2D eigenvalue weighted by Crippen LogP contribution is 2.27. The Kier molecular flexibility index (Phi) is 7.32. The van der Waals surface area contributed by atoms with Crippen molar-refractivity contribution in [1.82, 2.24) is 15.1 Å². The van der Waals surface area contributed by atoms with E-state index in [-0.39, 0.29) is 24.7 Å². The summed E-state index contributed by atoms with van der Waals surface area (Å²) in [5.41, 5.74) is 8.50. The van der Waals surface area contributed by atoms with Gasteiger partial charge < -0.3 is 11.1 Å². The summed E-state index contributed by atoms with van der Waals surface area (Å²) in [6.07, 6.45) is 0.242. The van der Waals surface area contributed by atoms with Crippen LogP contribution in [0.4, 0.5) is 0 Å². The number of carbonyl (C=O) groups is 1. The van der Waals surface area contributed by atoms with Crippen molar-refractivity contribution in [2.75, 3.05) is 6.54 Å². The zero-order chi connectivity index (χ0) is 18.1. The molecule has 0 fully saturated rings. The molecule has 0 radical (unpaired) electrons. The van der Waals surface area contributed by atoms with Crippen LogP contribution in [0, 0.1) is 13.8 Å². The van der Waals surface area contributed by atoms with Gasteiger partial charge in [-0.3, -0.25) is 4.79 Å². The van der Waals surface area contributed by atoms with Gasteiger partial charge in [-0.25, -0.2) is 4.68 Å². The molecule has 0 atom stereocenters. The Labute approximate surface area is 164 Å². The topological polar surface area (TPSA) is 72.9 Å². The van der Waals surface area contributed by atoms with E-state index in [1.165, 1.54) is 0 Å². The van der Waals surface area contributed by atoms with Crippen LogP contribution in [-0.2, 0) is 11.2 Å². The lowest BCUT2D eigenvalue weighted by Gasteiger charge is -2.24. The minimum Gasteiger partial charge on any atom is -0.350 e. The molecule has 0 saturated carbocycles. The maximum absolute atomic E-state index is 12.3. The molecule has 1 aromatic heterocycles. The maximum Gasteiger partial charge on any atom is 0.225 e. The van der Waals surface area contributed by atoms with Gasteiger partial charge in [-0.1, -0.05) is 23.2 Å². The van der Waals surface area contributed by atoms with E-state index >= 15 is 0 Å². The molecule has 0 aliphatic carbocycles. The first-order valence-electron chi connectivity index (χ1n) is 7.66. The van der Waals surface area contributed by atoms with E-state index in [9.17, 15) is 4.79 Å². The maximum atomic E-state index is 12.3. The van der Waals surface area contributed by atoms with Crippen molar-refractivity contribution in [2.45, 2.75) is 39.7 Å². The molecule has 25 heavy (non-hydrogen) atoms. The number of benzene rings is 1. The molecule has 2 rings (SSSR count). The van der Waals surface area contributed by atoms with E-state index in [4.69, 9.17) is 28.9 Å². The van der Waals surface area contributed by atoms with E-state index in [1.807, 2.05) is 33.8 Å². The minimum absolute atomic E-state index is 0. The predicted octanol–water partition coefficient (Wildman–Crippen LogP) is 3.61. The highest BCUT2D eigenvalue weighted by Gasteiger charge is 2.21. The lowest BCUT2D eigenvalue weighted by atomic mass is 10.0. The quantitative estimate of drug-likeness (QED) is 0.798. The summed E-state index contributed by atoms with van der Waals surface area (Å²) in [6.45, 7) is 7.95. The third-order valence-corrected chi connectivity index (χ3v) is 4.44. The molecule has 3 N–H and O–H groups in total. The number of amides is 1.